The van der Waals surface area contributed by atoms with Crippen LogP contribution in [0.25, 0.3) is 6.08 Å². The van der Waals surface area contributed by atoms with E-state index in [2.05, 4.69) is 5.32 Å². The molecule has 7 heteroatoms. The van der Waals surface area contributed by atoms with E-state index < -0.39 is 18.0 Å². The number of fused-ring (bicyclic) bond motifs is 1. The maximum Gasteiger partial charge on any atom is 0.331 e. The molecule has 2 aromatic carbocycles. The Morgan fingerprint density at radius 2 is 1.89 bits per heavy atom. The Labute approximate surface area is 162 Å². The van der Waals surface area contributed by atoms with Crippen molar-refractivity contribution in [1.82, 2.24) is 0 Å². The van der Waals surface area contributed by atoms with Gasteiger partial charge < -0.3 is 24.3 Å². The van der Waals surface area contributed by atoms with Gasteiger partial charge >= 0.3 is 5.97 Å². The maximum atomic E-state index is 12.2. The molecule has 1 atom stereocenters. The molecule has 146 valence electrons. The van der Waals surface area contributed by atoms with E-state index in [-0.39, 0.29) is 0 Å². The molecule has 0 bridgehead atoms. The first kappa shape index (κ1) is 19.3. The Morgan fingerprint density at radius 3 is 2.68 bits per heavy atom. The minimum absolute atomic E-state index is 0.436. The third-order valence-corrected chi connectivity index (χ3v) is 3.98. The van der Waals surface area contributed by atoms with Gasteiger partial charge in [-0.3, -0.25) is 4.79 Å². The van der Waals surface area contributed by atoms with Crippen molar-refractivity contribution in [2.75, 3.05) is 25.6 Å². The molecule has 1 heterocycles. The van der Waals surface area contributed by atoms with E-state index in [9.17, 15) is 9.59 Å². The van der Waals surface area contributed by atoms with Crippen LogP contribution in [0.5, 0.6) is 17.2 Å². The Balaban J connectivity index is 1.54. The van der Waals surface area contributed by atoms with Crippen LogP contribution in [-0.4, -0.2) is 38.3 Å². The van der Waals surface area contributed by atoms with Gasteiger partial charge in [0.05, 0.1) is 7.11 Å². The van der Waals surface area contributed by atoms with E-state index in [1.54, 1.807) is 55.7 Å². The minimum Gasteiger partial charge on any atom is -0.497 e. The van der Waals surface area contributed by atoms with E-state index in [0.717, 1.165) is 5.56 Å². The zero-order valence-electron chi connectivity index (χ0n) is 15.6. The Morgan fingerprint density at radius 1 is 1.11 bits per heavy atom. The zero-order chi connectivity index (χ0) is 19.9. The molecule has 1 aliphatic heterocycles. The average molecular weight is 383 g/mol. The van der Waals surface area contributed by atoms with Crippen LogP contribution in [0.4, 0.5) is 5.69 Å². The third kappa shape index (κ3) is 5.03. The van der Waals surface area contributed by atoms with Gasteiger partial charge in [-0.15, -0.1) is 0 Å². The highest BCUT2D eigenvalue weighted by Crippen LogP contribution is 2.31. The first-order valence-electron chi connectivity index (χ1n) is 8.78. The van der Waals surface area contributed by atoms with E-state index in [1.165, 1.54) is 13.0 Å². The van der Waals surface area contributed by atoms with Crippen molar-refractivity contribution in [3.05, 3.63) is 54.1 Å². The summed E-state index contributed by atoms with van der Waals surface area (Å²) in [4.78, 5) is 24.2. The number of carbonyl (C=O) groups excluding carboxylic acids is 2. The number of nitrogens with one attached hydrogen (secondary N) is 1. The van der Waals surface area contributed by atoms with Gasteiger partial charge in [0.15, 0.2) is 17.6 Å². The van der Waals surface area contributed by atoms with Crippen LogP contribution in [0.1, 0.15) is 12.5 Å². The molecular formula is C21H21NO6. The fourth-order valence-corrected chi connectivity index (χ4v) is 2.54. The monoisotopic (exact) mass is 383 g/mol. The molecule has 0 unspecified atom stereocenters. The molecule has 3 rings (SSSR count). The minimum atomic E-state index is -0.955. The molecule has 0 saturated heterocycles. The normalized spacial score (nSPS) is 13.6. The molecule has 1 aliphatic rings. The molecule has 1 amide bonds. The molecule has 28 heavy (non-hydrogen) atoms. The van der Waals surface area contributed by atoms with Crippen molar-refractivity contribution < 1.29 is 28.5 Å². The molecule has 0 spiro atoms. The lowest BCUT2D eigenvalue weighted by atomic mass is 10.2. The van der Waals surface area contributed by atoms with Crippen LogP contribution in [-0.2, 0) is 14.3 Å². The highest BCUT2D eigenvalue weighted by molar-refractivity contribution is 5.96. The summed E-state index contributed by atoms with van der Waals surface area (Å²) in [7, 11) is 1.54. The van der Waals surface area contributed by atoms with Crippen LogP contribution in [0, 0.1) is 0 Å². The number of amides is 1. The number of methoxy groups -OCH3 is 1. The smallest absolute Gasteiger partial charge is 0.331 e. The first-order chi connectivity index (χ1) is 13.5. The molecule has 2 aromatic rings. The number of hydrogen-bond acceptors (Lipinski definition) is 6. The third-order valence-electron chi connectivity index (χ3n) is 3.98. The number of rotatable bonds is 6. The van der Waals surface area contributed by atoms with Crippen molar-refractivity contribution in [3.8, 4) is 17.2 Å². The SMILES string of the molecule is COc1cccc(NC(=O)[C@H](C)OC(=O)/C=C/c2ccc3c(c2)OCCO3)c1. The molecule has 0 aliphatic carbocycles. The number of carbonyl (C=O) groups is 2. The van der Waals surface area contributed by atoms with Crippen LogP contribution in [0.2, 0.25) is 0 Å². The van der Waals surface area contributed by atoms with Crippen LogP contribution in [0.15, 0.2) is 48.5 Å². The molecule has 0 radical (unpaired) electrons. The van der Waals surface area contributed by atoms with E-state index >= 15 is 0 Å². The summed E-state index contributed by atoms with van der Waals surface area (Å²) in [6.07, 6.45) is 1.90. The van der Waals surface area contributed by atoms with Crippen molar-refractivity contribution in [1.29, 1.82) is 0 Å². The second-order valence-corrected chi connectivity index (χ2v) is 6.04. The van der Waals surface area contributed by atoms with Gasteiger partial charge in [-0.25, -0.2) is 4.79 Å². The fraction of sp³-hybridized carbons (Fsp3) is 0.238. The number of ether oxygens (including phenoxy) is 4. The van der Waals surface area contributed by atoms with Gasteiger partial charge in [-0.05, 0) is 42.8 Å². The Hall–Kier alpha value is -3.48. The molecule has 1 N–H and O–H groups in total. The molecule has 0 saturated carbocycles. The molecule has 7 nitrogen and oxygen atoms in total. The van der Waals surface area contributed by atoms with Gasteiger partial charge in [0.25, 0.3) is 5.91 Å². The first-order valence-corrected chi connectivity index (χ1v) is 8.78. The fourth-order valence-electron chi connectivity index (χ4n) is 2.54. The van der Waals surface area contributed by atoms with Gasteiger partial charge in [0, 0.05) is 17.8 Å². The number of benzene rings is 2. The molecule has 0 aromatic heterocycles. The molecular weight excluding hydrogens is 362 g/mol. The number of esters is 1. The van der Waals surface area contributed by atoms with Gasteiger partial charge in [0.2, 0.25) is 0 Å². The summed E-state index contributed by atoms with van der Waals surface area (Å²) in [5, 5.41) is 2.68. The lowest BCUT2D eigenvalue weighted by molar-refractivity contribution is -0.148. The lowest BCUT2D eigenvalue weighted by Crippen LogP contribution is -2.29. The largest absolute Gasteiger partial charge is 0.497 e. The second-order valence-electron chi connectivity index (χ2n) is 6.04. The molecule has 0 fully saturated rings. The summed E-state index contributed by atoms with van der Waals surface area (Å²) < 4.78 is 21.2. The van der Waals surface area contributed by atoms with Gasteiger partial charge in [-0.2, -0.15) is 0 Å². The summed E-state index contributed by atoms with van der Waals surface area (Å²) in [5.74, 6) is 0.865. The zero-order valence-corrected chi connectivity index (χ0v) is 15.6. The lowest BCUT2D eigenvalue weighted by Gasteiger charge is -2.18. The highest BCUT2D eigenvalue weighted by Gasteiger charge is 2.17. The van der Waals surface area contributed by atoms with Crippen LogP contribution >= 0.6 is 0 Å². The Kier molecular flexibility index (Phi) is 6.16. The van der Waals surface area contributed by atoms with Crippen molar-refractivity contribution >= 4 is 23.6 Å². The topological polar surface area (TPSA) is 83.1 Å². The van der Waals surface area contributed by atoms with Crippen molar-refractivity contribution in [2.45, 2.75) is 13.0 Å². The highest BCUT2D eigenvalue weighted by atomic mass is 16.6. The summed E-state index contributed by atoms with van der Waals surface area (Å²) in [6, 6.07) is 12.3. The number of anilines is 1. The van der Waals surface area contributed by atoms with Crippen LogP contribution < -0.4 is 19.5 Å². The number of hydrogen-bond donors (Lipinski definition) is 1. The average Bonchev–Trinajstić information content (AvgIpc) is 2.72. The summed E-state index contributed by atoms with van der Waals surface area (Å²) >= 11 is 0. The Bertz CT molecular complexity index is 892. The summed E-state index contributed by atoms with van der Waals surface area (Å²) in [5.41, 5.74) is 1.31. The summed E-state index contributed by atoms with van der Waals surface area (Å²) in [6.45, 7) is 2.51. The predicted molar refractivity (Wildman–Crippen MR) is 104 cm³/mol. The van der Waals surface area contributed by atoms with Crippen molar-refractivity contribution in [3.63, 3.8) is 0 Å². The predicted octanol–water partition coefficient (Wildman–Crippen LogP) is 3.05. The van der Waals surface area contributed by atoms with E-state index in [0.29, 0.717) is 36.1 Å². The van der Waals surface area contributed by atoms with Gasteiger partial charge in [-0.1, -0.05) is 12.1 Å². The van der Waals surface area contributed by atoms with E-state index in [4.69, 9.17) is 18.9 Å². The van der Waals surface area contributed by atoms with E-state index in [1.807, 2.05) is 0 Å². The van der Waals surface area contributed by atoms with Crippen LogP contribution in [0.3, 0.4) is 0 Å². The second kappa shape index (κ2) is 8.94. The quantitative estimate of drug-likeness (QED) is 0.610. The maximum absolute atomic E-state index is 12.2. The van der Waals surface area contributed by atoms with Gasteiger partial charge in [0.1, 0.15) is 19.0 Å². The standard InChI is InChI=1S/C21H21NO6/c1-14(21(24)22-16-4-3-5-17(13-16)25-2)28-20(23)9-7-15-6-8-18-19(12-15)27-11-10-26-18/h3-9,12-14H,10-11H2,1-2H3,(H,22,24)/b9-7+/t14-/m0/s1. The van der Waals surface area contributed by atoms with Crippen molar-refractivity contribution in [2.24, 2.45) is 0 Å².